The van der Waals surface area contributed by atoms with Gasteiger partial charge in [0.2, 0.25) is 5.91 Å². The van der Waals surface area contributed by atoms with Crippen molar-refractivity contribution in [1.82, 2.24) is 10.6 Å². The van der Waals surface area contributed by atoms with Crippen molar-refractivity contribution in [2.45, 2.75) is 84.4 Å². The molecular weight excluding hydrogens is 541 g/mol. The molecule has 0 radical (unpaired) electrons. The molecule has 0 spiro atoms. The summed E-state index contributed by atoms with van der Waals surface area (Å²) < 4.78 is 16.5. The van der Waals surface area contributed by atoms with E-state index in [0.29, 0.717) is 31.3 Å². The van der Waals surface area contributed by atoms with Gasteiger partial charge in [0, 0.05) is 38.8 Å². The first-order chi connectivity index (χ1) is 17.6. The van der Waals surface area contributed by atoms with E-state index >= 15 is 0 Å². The summed E-state index contributed by atoms with van der Waals surface area (Å²) in [5.41, 5.74) is 7.04. The molecule has 228 valence electrons. The van der Waals surface area contributed by atoms with E-state index in [4.69, 9.17) is 19.9 Å². The van der Waals surface area contributed by atoms with Gasteiger partial charge in [0.15, 0.2) is 11.5 Å². The number of hydrogen-bond acceptors (Lipinski definition) is 7. The lowest BCUT2D eigenvalue weighted by Crippen LogP contribution is -2.54. The molecule has 10 heteroatoms. The Morgan fingerprint density at radius 2 is 1.90 bits per heavy atom. The van der Waals surface area contributed by atoms with Gasteiger partial charge in [-0.1, -0.05) is 26.3 Å². The third-order valence-corrected chi connectivity index (χ3v) is 7.73. The zero-order valence-corrected chi connectivity index (χ0v) is 26.3. The van der Waals surface area contributed by atoms with Crippen molar-refractivity contribution in [2.75, 3.05) is 40.5 Å². The second kappa shape index (κ2) is 18.9. The highest BCUT2D eigenvalue weighted by molar-refractivity contribution is 5.85. The summed E-state index contributed by atoms with van der Waals surface area (Å²) in [5, 5.41) is 17.2. The number of nitrogens with one attached hydrogen (secondary N) is 2. The van der Waals surface area contributed by atoms with Crippen molar-refractivity contribution in [3.8, 4) is 11.5 Å². The van der Waals surface area contributed by atoms with Gasteiger partial charge in [0.25, 0.3) is 0 Å². The fourth-order valence-electron chi connectivity index (χ4n) is 4.95. The van der Waals surface area contributed by atoms with Gasteiger partial charge >= 0.3 is 0 Å². The minimum absolute atomic E-state index is 0. The molecule has 8 nitrogen and oxygen atoms in total. The van der Waals surface area contributed by atoms with Gasteiger partial charge in [-0.2, -0.15) is 0 Å². The molecule has 1 heterocycles. The van der Waals surface area contributed by atoms with Crippen LogP contribution in [0.2, 0.25) is 0 Å². The zero-order chi connectivity index (χ0) is 27.4. The van der Waals surface area contributed by atoms with Crippen molar-refractivity contribution >= 4 is 30.7 Å². The number of aliphatic hydroxyl groups is 1. The number of piperidine rings is 1. The Hall–Kier alpha value is -1.29. The van der Waals surface area contributed by atoms with Gasteiger partial charge in [-0.15, -0.1) is 24.8 Å². The van der Waals surface area contributed by atoms with Gasteiger partial charge in [-0.3, -0.25) is 4.79 Å². The van der Waals surface area contributed by atoms with Crippen LogP contribution in [0.3, 0.4) is 0 Å². The predicted octanol–water partition coefficient (Wildman–Crippen LogP) is 4.13. The molecule has 1 aromatic rings. The molecule has 39 heavy (non-hydrogen) atoms. The Morgan fingerprint density at radius 1 is 1.18 bits per heavy atom. The van der Waals surface area contributed by atoms with E-state index in [1.165, 1.54) is 0 Å². The summed E-state index contributed by atoms with van der Waals surface area (Å²) in [6, 6.07) is 5.73. The molecule has 1 aliphatic heterocycles. The SMILES string of the molecule is COCCCOc1cc(C[C@@H](C[C@H](N)[C@@H](O)CNC(=O)C(C)(C)C2CCCCN2)C(C)C)ccc1OC.Cl.Cl. The number of amides is 1. The Kier molecular flexibility index (Phi) is 18.3. The second-order valence-electron chi connectivity index (χ2n) is 11.3. The van der Waals surface area contributed by atoms with Crippen molar-refractivity contribution in [3.63, 3.8) is 0 Å². The van der Waals surface area contributed by atoms with E-state index in [1.807, 2.05) is 26.0 Å². The van der Waals surface area contributed by atoms with Crippen LogP contribution in [0.4, 0.5) is 0 Å². The summed E-state index contributed by atoms with van der Waals surface area (Å²) in [6.07, 6.45) is 4.73. The van der Waals surface area contributed by atoms with Crippen LogP contribution in [-0.4, -0.2) is 69.7 Å². The third kappa shape index (κ3) is 12.0. The molecule has 1 aliphatic rings. The second-order valence-corrected chi connectivity index (χ2v) is 11.3. The van der Waals surface area contributed by atoms with E-state index in [-0.39, 0.29) is 49.2 Å². The smallest absolute Gasteiger partial charge is 0.227 e. The monoisotopic (exact) mass is 593 g/mol. The Balaban J connectivity index is 0.00000722. The lowest BCUT2D eigenvalue weighted by atomic mass is 9.79. The third-order valence-electron chi connectivity index (χ3n) is 7.73. The van der Waals surface area contributed by atoms with Gasteiger partial charge in [0.05, 0.1) is 25.2 Å². The van der Waals surface area contributed by atoms with Crippen molar-refractivity contribution in [3.05, 3.63) is 23.8 Å². The summed E-state index contributed by atoms with van der Waals surface area (Å²) in [5.74, 6) is 2.02. The number of rotatable bonds is 16. The summed E-state index contributed by atoms with van der Waals surface area (Å²) in [6.45, 7) is 10.6. The minimum atomic E-state index is -0.809. The van der Waals surface area contributed by atoms with E-state index in [0.717, 1.165) is 50.0 Å². The Bertz CT molecular complexity index is 822. The number of benzene rings is 1. The molecule has 0 aromatic heterocycles. The topological polar surface area (TPSA) is 115 Å². The normalized spacial score (nSPS) is 17.8. The van der Waals surface area contributed by atoms with Gasteiger partial charge in [-0.05, 0) is 75.6 Å². The number of carbonyl (C=O) groups is 1. The standard InChI is InChI=1S/C29H51N3O5.2ClH/c1-20(2)22(16-21-11-12-25(36-6)26(17-21)37-15-9-14-35-5)18-23(30)24(33)19-32-28(34)29(3,4)27-10-7-8-13-31-27;;/h11-12,17,20,22-24,27,31,33H,7-10,13-16,18-19,30H2,1-6H3,(H,32,34);2*1H/t22-,23-,24-,27?;;/m0../s1. The molecule has 0 saturated carbocycles. The number of halogens is 2. The van der Waals surface area contributed by atoms with Crippen LogP contribution in [0.15, 0.2) is 18.2 Å². The molecule has 1 unspecified atom stereocenters. The van der Waals surface area contributed by atoms with Crippen molar-refractivity contribution < 1.29 is 24.1 Å². The van der Waals surface area contributed by atoms with E-state index < -0.39 is 17.6 Å². The molecule has 1 saturated heterocycles. The molecule has 1 amide bonds. The first-order valence-electron chi connectivity index (χ1n) is 13.8. The number of nitrogens with two attached hydrogens (primary N) is 1. The molecule has 0 aliphatic carbocycles. The quantitative estimate of drug-likeness (QED) is 0.213. The Morgan fingerprint density at radius 3 is 2.49 bits per heavy atom. The van der Waals surface area contributed by atoms with Crippen LogP contribution in [0.25, 0.3) is 0 Å². The zero-order valence-electron chi connectivity index (χ0n) is 24.7. The number of aliphatic hydroxyl groups excluding tert-OH is 1. The maximum atomic E-state index is 12.9. The number of ether oxygens (including phenoxy) is 3. The number of methoxy groups -OCH3 is 2. The van der Waals surface area contributed by atoms with E-state index in [1.54, 1.807) is 14.2 Å². The highest BCUT2D eigenvalue weighted by Crippen LogP contribution is 2.31. The van der Waals surface area contributed by atoms with Crippen LogP contribution in [0.1, 0.15) is 65.4 Å². The fraction of sp³-hybridized carbons (Fsp3) is 0.759. The van der Waals surface area contributed by atoms with Crippen LogP contribution in [0, 0.1) is 17.3 Å². The average Bonchev–Trinajstić information content (AvgIpc) is 2.89. The van der Waals surface area contributed by atoms with Gasteiger partial charge in [0.1, 0.15) is 0 Å². The first-order valence-corrected chi connectivity index (χ1v) is 13.8. The van der Waals surface area contributed by atoms with Crippen molar-refractivity contribution in [1.29, 1.82) is 0 Å². The molecule has 5 N–H and O–H groups in total. The summed E-state index contributed by atoms with van der Waals surface area (Å²) in [4.78, 5) is 12.9. The first kappa shape index (κ1) is 37.7. The minimum Gasteiger partial charge on any atom is -0.493 e. The molecule has 0 bridgehead atoms. The van der Waals surface area contributed by atoms with Crippen LogP contribution in [-0.2, 0) is 16.0 Å². The van der Waals surface area contributed by atoms with E-state index in [9.17, 15) is 9.90 Å². The molecule has 4 atom stereocenters. The predicted molar refractivity (Wildman–Crippen MR) is 163 cm³/mol. The van der Waals surface area contributed by atoms with Gasteiger partial charge < -0.3 is 35.7 Å². The molecular formula is C29H53Cl2N3O5. The molecule has 1 fully saturated rings. The number of hydrogen-bond donors (Lipinski definition) is 4. The van der Waals surface area contributed by atoms with Crippen LogP contribution < -0.4 is 25.8 Å². The summed E-state index contributed by atoms with van der Waals surface area (Å²) in [7, 11) is 3.32. The average molecular weight is 595 g/mol. The maximum Gasteiger partial charge on any atom is 0.227 e. The number of carbonyl (C=O) groups excluding carboxylic acids is 1. The fourth-order valence-corrected chi connectivity index (χ4v) is 4.95. The lowest BCUT2D eigenvalue weighted by molar-refractivity contribution is -0.131. The summed E-state index contributed by atoms with van der Waals surface area (Å²) >= 11 is 0. The maximum absolute atomic E-state index is 12.9. The van der Waals surface area contributed by atoms with Crippen LogP contribution in [0.5, 0.6) is 11.5 Å². The largest absolute Gasteiger partial charge is 0.493 e. The van der Waals surface area contributed by atoms with E-state index in [2.05, 4.69) is 30.5 Å². The molecule has 1 aromatic carbocycles. The van der Waals surface area contributed by atoms with Gasteiger partial charge in [-0.25, -0.2) is 0 Å². The lowest BCUT2D eigenvalue weighted by Gasteiger charge is -2.37. The molecule has 2 rings (SSSR count). The van der Waals surface area contributed by atoms with Crippen LogP contribution >= 0.6 is 24.8 Å². The Labute approximate surface area is 248 Å². The van der Waals surface area contributed by atoms with Crippen molar-refractivity contribution in [2.24, 2.45) is 23.0 Å². The highest BCUT2D eigenvalue weighted by Gasteiger charge is 2.37. The highest BCUT2D eigenvalue weighted by atomic mass is 35.5.